The Morgan fingerprint density at radius 2 is 1.90 bits per heavy atom. The maximum Gasteiger partial charge on any atom is 0.416 e. The molecule has 1 heterocycles. The number of oxazole rings is 1. The van der Waals surface area contributed by atoms with Crippen LogP contribution >= 0.6 is 0 Å². The molecule has 3 nitrogen and oxygen atoms in total. The van der Waals surface area contributed by atoms with Crippen molar-refractivity contribution in [1.82, 2.24) is 4.98 Å². The topological polar surface area (TPSA) is 52.0 Å². The molecule has 2 N–H and O–H groups in total. The Hall–Kier alpha value is -1.56. The van der Waals surface area contributed by atoms with Crippen molar-refractivity contribution in [1.29, 1.82) is 0 Å². The predicted octanol–water partition coefficient (Wildman–Crippen LogP) is 3.83. The van der Waals surface area contributed by atoms with Crippen LogP contribution in [0.2, 0.25) is 0 Å². The van der Waals surface area contributed by atoms with Crippen molar-refractivity contribution >= 4 is 11.1 Å². The molecule has 21 heavy (non-hydrogen) atoms. The number of nitrogens with zero attached hydrogens (tertiary/aromatic N) is 1. The van der Waals surface area contributed by atoms with E-state index in [1.807, 2.05) is 0 Å². The van der Waals surface area contributed by atoms with Gasteiger partial charge >= 0.3 is 6.18 Å². The van der Waals surface area contributed by atoms with Gasteiger partial charge in [-0.15, -0.1) is 0 Å². The van der Waals surface area contributed by atoms with Gasteiger partial charge in [-0.3, -0.25) is 0 Å². The molecule has 2 fully saturated rings. The molecule has 6 heteroatoms. The molecule has 0 atom stereocenters. The van der Waals surface area contributed by atoms with Crippen molar-refractivity contribution in [2.75, 3.05) is 0 Å². The van der Waals surface area contributed by atoms with Crippen molar-refractivity contribution in [3.8, 4) is 0 Å². The number of aromatic nitrogens is 1. The minimum Gasteiger partial charge on any atom is -0.440 e. The van der Waals surface area contributed by atoms with Gasteiger partial charge in [0.1, 0.15) is 5.52 Å². The molecule has 0 amide bonds. The molecule has 0 unspecified atom stereocenters. The highest BCUT2D eigenvalue weighted by atomic mass is 19.4. The first-order chi connectivity index (χ1) is 9.85. The van der Waals surface area contributed by atoms with Gasteiger partial charge in [-0.1, -0.05) is 0 Å². The normalized spacial score (nSPS) is 32.2. The summed E-state index contributed by atoms with van der Waals surface area (Å²) < 4.78 is 43.7. The number of halogens is 3. The standard InChI is InChI=1S/C15H15F3N2O/c16-15(17,18)9-1-2-12-11(3-9)20-13(21-12)8-4-14(5-8)6-10(19)7-14/h1-3,8,10H,4-7,19H2. The van der Waals surface area contributed by atoms with Crippen molar-refractivity contribution in [3.05, 3.63) is 29.7 Å². The molecule has 0 radical (unpaired) electrons. The lowest BCUT2D eigenvalue weighted by Gasteiger charge is -2.56. The monoisotopic (exact) mass is 296 g/mol. The van der Waals surface area contributed by atoms with E-state index in [9.17, 15) is 13.2 Å². The van der Waals surface area contributed by atoms with Gasteiger partial charge in [0, 0.05) is 12.0 Å². The first-order valence-corrected chi connectivity index (χ1v) is 7.08. The van der Waals surface area contributed by atoms with E-state index in [2.05, 4.69) is 4.98 Å². The lowest BCUT2D eigenvalue weighted by atomic mass is 9.50. The highest BCUT2D eigenvalue weighted by molar-refractivity contribution is 5.73. The maximum absolute atomic E-state index is 12.7. The number of hydrogen-bond donors (Lipinski definition) is 1. The Bertz CT molecular complexity index is 692. The molecule has 2 aromatic rings. The second-order valence-corrected chi connectivity index (χ2v) is 6.51. The first kappa shape index (κ1) is 13.1. The first-order valence-electron chi connectivity index (χ1n) is 7.08. The quantitative estimate of drug-likeness (QED) is 0.870. The Labute approximate surface area is 119 Å². The van der Waals surface area contributed by atoms with Crippen molar-refractivity contribution in [3.63, 3.8) is 0 Å². The summed E-state index contributed by atoms with van der Waals surface area (Å²) in [5.41, 5.74) is 6.18. The van der Waals surface area contributed by atoms with Crippen LogP contribution in [0.15, 0.2) is 22.6 Å². The Morgan fingerprint density at radius 3 is 2.52 bits per heavy atom. The van der Waals surface area contributed by atoms with E-state index in [1.54, 1.807) is 0 Å². The molecule has 1 spiro atoms. The molecule has 1 aromatic heterocycles. The number of fused-ring (bicyclic) bond motifs is 1. The molecular formula is C15H15F3N2O. The van der Waals surface area contributed by atoms with Crippen LogP contribution < -0.4 is 5.73 Å². The SMILES string of the molecule is NC1CC2(C1)CC(c1nc3cc(C(F)(F)F)ccc3o1)C2. The molecule has 2 aliphatic carbocycles. The van der Waals surface area contributed by atoms with Crippen LogP contribution in [0.5, 0.6) is 0 Å². The highest BCUT2D eigenvalue weighted by Gasteiger charge is 2.53. The van der Waals surface area contributed by atoms with Gasteiger partial charge in [0.25, 0.3) is 0 Å². The van der Waals surface area contributed by atoms with Crippen LogP contribution in [-0.4, -0.2) is 11.0 Å². The third kappa shape index (κ3) is 2.04. The van der Waals surface area contributed by atoms with Crippen LogP contribution in [0, 0.1) is 5.41 Å². The lowest BCUT2D eigenvalue weighted by Crippen LogP contribution is -2.52. The molecule has 0 saturated heterocycles. The van der Waals surface area contributed by atoms with Crippen molar-refractivity contribution in [2.45, 2.75) is 43.8 Å². The summed E-state index contributed by atoms with van der Waals surface area (Å²) in [5, 5.41) is 0. The number of nitrogens with two attached hydrogens (primary N) is 1. The van der Waals surface area contributed by atoms with Gasteiger partial charge in [0.2, 0.25) is 0 Å². The van der Waals surface area contributed by atoms with Crippen LogP contribution in [0.25, 0.3) is 11.1 Å². The third-order valence-corrected chi connectivity index (χ3v) is 4.83. The summed E-state index contributed by atoms with van der Waals surface area (Å²) in [7, 11) is 0. The molecule has 2 aliphatic rings. The molecule has 0 aliphatic heterocycles. The predicted molar refractivity (Wildman–Crippen MR) is 70.6 cm³/mol. The molecule has 1 aromatic carbocycles. The largest absolute Gasteiger partial charge is 0.440 e. The molecule has 2 saturated carbocycles. The second kappa shape index (κ2) is 4.00. The average molecular weight is 296 g/mol. The Balaban J connectivity index is 1.57. The third-order valence-electron chi connectivity index (χ3n) is 4.83. The van der Waals surface area contributed by atoms with E-state index in [0.29, 0.717) is 22.9 Å². The van der Waals surface area contributed by atoms with E-state index >= 15 is 0 Å². The summed E-state index contributed by atoms with van der Waals surface area (Å²) in [6, 6.07) is 3.74. The molecule has 0 bridgehead atoms. The average Bonchev–Trinajstić information content (AvgIpc) is 2.72. The summed E-state index contributed by atoms with van der Waals surface area (Å²) in [6.45, 7) is 0. The molecule has 112 valence electrons. The van der Waals surface area contributed by atoms with E-state index in [0.717, 1.165) is 37.8 Å². The summed E-state index contributed by atoms with van der Waals surface area (Å²) in [5.74, 6) is 0.787. The summed E-state index contributed by atoms with van der Waals surface area (Å²) >= 11 is 0. The minimum absolute atomic E-state index is 0.222. The fraction of sp³-hybridized carbons (Fsp3) is 0.533. The van der Waals surface area contributed by atoms with Gasteiger partial charge < -0.3 is 10.2 Å². The van der Waals surface area contributed by atoms with E-state index in [4.69, 9.17) is 10.2 Å². The maximum atomic E-state index is 12.7. The van der Waals surface area contributed by atoms with E-state index in [-0.39, 0.29) is 11.4 Å². The van der Waals surface area contributed by atoms with Crippen LogP contribution in [-0.2, 0) is 6.18 Å². The van der Waals surface area contributed by atoms with E-state index in [1.165, 1.54) is 6.07 Å². The van der Waals surface area contributed by atoms with Gasteiger partial charge in [0.15, 0.2) is 11.5 Å². The second-order valence-electron chi connectivity index (χ2n) is 6.51. The van der Waals surface area contributed by atoms with Crippen LogP contribution in [0.3, 0.4) is 0 Å². The fourth-order valence-electron chi connectivity index (χ4n) is 3.84. The van der Waals surface area contributed by atoms with E-state index < -0.39 is 11.7 Å². The Kier molecular flexibility index (Phi) is 2.50. The zero-order valence-corrected chi connectivity index (χ0v) is 11.3. The van der Waals surface area contributed by atoms with Gasteiger partial charge in [-0.05, 0) is 49.3 Å². The van der Waals surface area contributed by atoms with Crippen molar-refractivity contribution < 1.29 is 17.6 Å². The smallest absolute Gasteiger partial charge is 0.416 e. The fourth-order valence-corrected chi connectivity index (χ4v) is 3.84. The zero-order chi connectivity index (χ0) is 14.8. The number of benzene rings is 1. The van der Waals surface area contributed by atoms with Crippen LogP contribution in [0.1, 0.15) is 43.1 Å². The summed E-state index contributed by atoms with van der Waals surface area (Å²) in [6.07, 6.45) is -0.293. The number of alkyl halides is 3. The lowest BCUT2D eigenvalue weighted by molar-refractivity contribution is -0.137. The van der Waals surface area contributed by atoms with Gasteiger partial charge in [-0.25, -0.2) is 4.98 Å². The minimum atomic E-state index is -4.35. The van der Waals surface area contributed by atoms with Crippen LogP contribution in [0.4, 0.5) is 13.2 Å². The molecular weight excluding hydrogens is 281 g/mol. The Morgan fingerprint density at radius 1 is 1.19 bits per heavy atom. The zero-order valence-electron chi connectivity index (χ0n) is 11.3. The van der Waals surface area contributed by atoms with Gasteiger partial charge in [0.05, 0.1) is 5.56 Å². The summed E-state index contributed by atoms with van der Waals surface area (Å²) in [4.78, 5) is 4.25. The number of rotatable bonds is 1. The highest BCUT2D eigenvalue weighted by Crippen LogP contribution is 2.61. The van der Waals surface area contributed by atoms with Gasteiger partial charge in [-0.2, -0.15) is 13.2 Å². The molecule has 4 rings (SSSR count). The number of hydrogen-bond acceptors (Lipinski definition) is 3. The van der Waals surface area contributed by atoms with Crippen molar-refractivity contribution in [2.24, 2.45) is 11.1 Å².